The smallest absolute Gasteiger partial charge is 0.161 e. The lowest BCUT2D eigenvalue weighted by molar-refractivity contribution is 0.575. The average Bonchev–Trinajstić information content (AvgIpc) is 2.78. The van der Waals surface area contributed by atoms with Crippen LogP contribution in [-0.4, -0.2) is 17.0 Å². The van der Waals surface area contributed by atoms with Crippen molar-refractivity contribution in [2.75, 3.05) is 11.9 Å². The lowest BCUT2D eigenvalue weighted by Crippen LogP contribution is -2.09. The first-order valence-corrected chi connectivity index (χ1v) is 8.12. The van der Waals surface area contributed by atoms with Crippen molar-refractivity contribution in [2.24, 2.45) is 10.9 Å². The summed E-state index contributed by atoms with van der Waals surface area (Å²) in [5.41, 5.74) is 2.56. The minimum absolute atomic E-state index is 0.655. The molecule has 1 N–H and O–H groups in total. The number of anilines is 1. The van der Waals surface area contributed by atoms with Crippen molar-refractivity contribution in [1.82, 2.24) is 0 Å². The van der Waals surface area contributed by atoms with Crippen LogP contribution >= 0.6 is 11.8 Å². The van der Waals surface area contributed by atoms with Gasteiger partial charge in [-0.05, 0) is 36.5 Å². The van der Waals surface area contributed by atoms with E-state index in [1.807, 2.05) is 11.8 Å². The molecule has 104 valence electrons. The van der Waals surface area contributed by atoms with E-state index in [9.17, 15) is 0 Å². The van der Waals surface area contributed by atoms with Crippen LogP contribution in [0, 0.1) is 5.92 Å². The van der Waals surface area contributed by atoms with Gasteiger partial charge in [-0.2, -0.15) is 0 Å². The van der Waals surface area contributed by atoms with Crippen molar-refractivity contribution >= 4 is 22.6 Å². The SMILES string of the molecule is CCCc1ccc(NC2=NCC(CC(C)C)S2)cc1. The van der Waals surface area contributed by atoms with Crippen LogP contribution in [-0.2, 0) is 6.42 Å². The fourth-order valence-corrected chi connectivity index (χ4v) is 3.57. The molecule has 0 saturated heterocycles. The highest BCUT2D eigenvalue weighted by atomic mass is 32.2. The van der Waals surface area contributed by atoms with Gasteiger partial charge in [-0.25, -0.2) is 0 Å². The van der Waals surface area contributed by atoms with E-state index in [2.05, 4.69) is 55.3 Å². The molecule has 0 aliphatic carbocycles. The Balaban J connectivity index is 1.85. The molecule has 0 amide bonds. The molecule has 1 unspecified atom stereocenters. The van der Waals surface area contributed by atoms with E-state index in [0.29, 0.717) is 5.25 Å². The van der Waals surface area contributed by atoms with Crippen molar-refractivity contribution in [3.05, 3.63) is 29.8 Å². The summed E-state index contributed by atoms with van der Waals surface area (Å²) in [4.78, 5) is 4.59. The first-order valence-electron chi connectivity index (χ1n) is 7.24. The van der Waals surface area contributed by atoms with Gasteiger partial charge in [0.1, 0.15) is 0 Å². The van der Waals surface area contributed by atoms with Crippen LogP contribution in [0.15, 0.2) is 29.3 Å². The van der Waals surface area contributed by atoms with E-state index in [1.54, 1.807) is 0 Å². The number of hydrogen-bond acceptors (Lipinski definition) is 3. The number of nitrogens with zero attached hydrogens (tertiary/aromatic N) is 1. The summed E-state index contributed by atoms with van der Waals surface area (Å²) in [6.45, 7) is 7.72. The normalized spacial score (nSPS) is 18.7. The Morgan fingerprint density at radius 2 is 2.05 bits per heavy atom. The summed E-state index contributed by atoms with van der Waals surface area (Å²) >= 11 is 1.89. The molecule has 0 aromatic heterocycles. The van der Waals surface area contributed by atoms with Gasteiger partial charge in [-0.15, -0.1) is 0 Å². The number of nitrogens with one attached hydrogen (secondary N) is 1. The Morgan fingerprint density at radius 1 is 1.32 bits per heavy atom. The van der Waals surface area contributed by atoms with E-state index in [4.69, 9.17) is 0 Å². The van der Waals surface area contributed by atoms with E-state index < -0.39 is 0 Å². The third kappa shape index (κ3) is 4.57. The minimum Gasteiger partial charge on any atom is -0.335 e. The number of amidine groups is 1. The molecule has 0 spiro atoms. The maximum Gasteiger partial charge on any atom is 0.161 e. The van der Waals surface area contributed by atoms with Crippen molar-refractivity contribution in [1.29, 1.82) is 0 Å². The summed E-state index contributed by atoms with van der Waals surface area (Å²) < 4.78 is 0. The molecule has 19 heavy (non-hydrogen) atoms. The van der Waals surface area contributed by atoms with Crippen LogP contribution in [0.4, 0.5) is 5.69 Å². The average molecular weight is 276 g/mol. The fourth-order valence-electron chi connectivity index (χ4n) is 2.30. The highest BCUT2D eigenvalue weighted by molar-refractivity contribution is 8.15. The Kier molecular flexibility index (Phi) is 5.32. The second-order valence-electron chi connectivity index (χ2n) is 5.59. The van der Waals surface area contributed by atoms with E-state index >= 15 is 0 Å². The zero-order valence-electron chi connectivity index (χ0n) is 12.1. The van der Waals surface area contributed by atoms with Gasteiger partial charge in [0.2, 0.25) is 0 Å². The number of thioether (sulfide) groups is 1. The van der Waals surface area contributed by atoms with Crippen LogP contribution in [0.5, 0.6) is 0 Å². The molecule has 1 aliphatic heterocycles. The lowest BCUT2D eigenvalue weighted by atomic mass is 10.1. The van der Waals surface area contributed by atoms with Crippen LogP contribution in [0.25, 0.3) is 0 Å². The van der Waals surface area contributed by atoms with Crippen LogP contribution in [0.2, 0.25) is 0 Å². The number of benzene rings is 1. The molecule has 0 bridgehead atoms. The van der Waals surface area contributed by atoms with E-state index in [-0.39, 0.29) is 0 Å². The highest BCUT2D eigenvalue weighted by Crippen LogP contribution is 2.27. The summed E-state index contributed by atoms with van der Waals surface area (Å²) in [5, 5.41) is 5.16. The first kappa shape index (κ1) is 14.4. The topological polar surface area (TPSA) is 24.4 Å². The van der Waals surface area contributed by atoms with E-state index in [1.165, 1.54) is 18.4 Å². The van der Waals surface area contributed by atoms with Gasteiger partial charge in [-0.1, -0.05) is 51.1 Å². The van der Waals surface area contributed by atoms with Crippen molar-refractivity contribution < 1.29 is 0 Å². The molecule has 0 radical (unpaired) electrons. The van der Waals surface area contributed by atoms with E-state index in [0.717, 1.165) is 29.7 Å². The van der Waals surface area contributed by atoms with Crippen LogP contribution in [0.3, 0.4) is 0 Å². The van der Waals surface area contributed by atoms with Gasteiger partial charge in [0, 0.05) is 10.9 Å². The van der Waals surface area contributed by atoms with Crippen molar-refractivity contribution in [2.45, 2.75) is 45.3 Å². The lowest BCUT2D eigenvalue weighted by Gasteiger charge is -2.11. The molecular formula is C16H24N2S. The third-order valence-corrected chi connectivity index (χ3v) is 4.32. The molecule has 0 fully saturated rings. The predicted octanol–water partition coefficient (Wildman–Crippen LogP) is 4.57. The molecule has 1 atom stereocenters. The fraction of sp³-hybridized carbons (Fsp3) is 0.562. The van der Waals surface area contributed by atoms with Gasteiger partial charge in [0.15, 0.2) is 5.17 Å². The Hall–Kier alpha value is -0.960. The number of aliphatic imine (C=N–C) groups is 1. The zero-order chi connectivity index (χ0) is 13.7. The molecule has 2 rings (SSSR count). The van der Waals surface area contributed by atoms with Gasteiger partial charge in [0.05, 0.1) is 6.54 Å². The van der Waals surface area contributed by atoms with Gasteiger partial charge < -0.3 is 5.32 Å². The molecular weight excluding hydrogens is 252 g/mol. The molecule has 1 aliphatic rings. The van der Waals surface area contributed by atoms with Gasteiger partial charge in [-0.3, -0.25) is 4.99 Å². The monoisotopic (exact) mass is 276 g/mol. The maximum atomic E-state index is 4.59. The summed E-state index contributed by atoms with van der Waals surface area (Å²) in [7, 11) is 0. The zero-order valence-corrected chi connectivity index (χ0v) is 13.0. The maximum absolute atomic E-state index is 4.59. The van der Waals surface area contributed by atoms with Crippen molar-refractivity contribution in [3.63, 3.8) is 0 Å². The van der Waals surface area contributed by atoms with Gasteiger partial charge in [0.25, 0.3) is 0 Å². The summed E-state index contributed by atoms with van der Waals surface area (Å²) in [6, 6.07) is 8.73. The first-order chi connectivity index (χ1) is 9.17. The minimum atomic E-state index is 0.655. The van der Waals surface area contributed by atoms with Crippen molar-refractivity contribution in [3.8, 4) is 0 Å². The molecule has 1 aromatic rings. The number of aryl methyl sites for hydroxylation is 1. The van der Waals surface area contributed by atoms with Crippen LogP contribution < -0.4 is 5.32 Å². The molecule has 1 aromatic carbocycles. The summed E-state index contributed by atoms with van der Waals surface area (Å²) in [6.07, 6.45) is 3.60. The van der Waals surface area contributed by atoms with Gasteiger partial charge >= 0.3 is 0 Å². The summed E-state index contributed by atoms with van der Waals surface area (Å²) in [5.74, 6) is 0.750. The Bertz CT molecular complexity index is 423. The second-order valence-corrected chi connectivity index (χ2v) is 6.88. The molecule has 0 saturated carbocycles. The largest absolute Gasteiger partial charge is 0.335 e. The number of hydrogen-bond donors (Lipinski definition) is 1. The molecule has 1 heterocycles. The highest BCUT2D eigenvalue weighted by Gasteiger charge is 2.20. The predicted molar refractivity (Wildman–Crippen MR) is 87.2 cm³/mol. The standard InChI is InChI=1S/C16H24N2S/c1-4-5-13-6-8-14(9-7-13)18-16-17-11-15(19-16)10-12(2)3/h6-9,12,15H,4-5,10-11H2,1-3H3,(H,17,18). The quantitative estimate of drug-likeness (QED) is 0.852. The molecule has 2 nitrogen and oxygen atoms in total. The molecule has 3 heteroatoms. The third-order valence-electron chi connectivity index (χ3n) is 3.20. The van der Waals surface area contributed by atoms with Crippen LogP contribution in [0.1, 0.15) is 39.2 Å². The second kappa shape index (κ2) is 6.99. The Labute approximate surface area is 121 Å². The Morgan fingerprint density at radius 3 is 2.68 bits per heavy atom. The number of rotatable bonds is 5.